The number of halogens is 1. The second-order valence-corrected chi connectivity index (χ2v) is 9.17. The van der Waals surface area contributed by atoms with E-state index < -0.39 is 0 Å². The summed E-state index contributed by atoms with van der Waals surface area (Å²) in [6.45, 7) is 2.45. The molecule has 4 N–H and O–H groups in total. The van der Waals surface area contributed by atoms with Gasteiger partial charge < -0.3 is 16.4 Å². The van der Waals surface area contributed by atoms with E-state index in [0.717, 1.165) is 30.7 Å². The second-order valence-electron chi connectivity index (χ2n) is 9.17. The Morgan fingerprint density at radius 3 is 2.41 bits per heavy atom. The molecule has 4 fully saturated rings. The van der Waals surface area contributed by atoms with Crippen molar-refractivity contribution in [1.82, 2.24) is 0 Å². The highest BCUT2D eigenvalue weighted by atomic mass is 19.1. The van der Waals surface area contributed by atoms with Gasteiger partial charge in [-0.3, -0.25) is 4.79 Å². The highest BCUT2D eigenvalue weighted by molar-refractivity contribution is 5.99. The van der Waals surface area contributed by atoms with Crippen molar-refractivity contribution in [3.8, 4) is 0 Å². The predicted octanol–water partition coefficient (Wildman–Crippen LogP) is 4.65. The molecule has 146 valence electrons. The minimum Gasteiger partial charge on any atom is -0.402 e. The van der Waals surface area contributed by atoms with E-state index in [1.54, 1.807) is 19.1 Å². The minimum atomic E-state index is -0.350. The third-order valence-corrected chi connectivity index (χ3v) is 6.73. The third-order valence-electron chi connectivity index (χ3n) is 6.73. The molecule has 0 heterocycles. The van der Waals surface area contributed by atoms with Gasteiger partial charge in [0, 0.05) is 24.0 Å². The van der Waals surface area contributed by atoms with Crippen molar-refractivity contribution in [2.45, 2.75) is 51.9 Å². The lowest BCUT2D eigenvalue weighted by Crippen LogP contribution is -2.46. The first kappa shape index (κ1) is 18.3. The molecule has 1 aromatic rings. The Hall–Kier alpha value is -2.04. The van der Waals surface area contributed by atoms with E-state index >= 15 is 0 Å². The molecule has 5 rings (SSSR count). The number of nitrogens with two attached hydrogens (primary N) is 1. The molecule has 5 heteroatoms. The average Bonchev–Trinajstić information content (AvgIpc) is 2.54. The van der Waals surface area contributed by atoms with Gasteiger partial charge in [-0.15, -0.1) is 0 Å². The van der Waals surface area contributed by atoms with Gasteiger partial charge in [-0.25, -0.2) is 4.39 Å². The van der Waals surface area contributed by atoms with Crippen LogP contribution in [-0.2, 0) is 4.79 Å². The monoisotopic (exact) mass is 371 g/mol. The zero-order valence-corrected chi connectivity index (χ0v) is 16.1. The Bertz CT molecular complexity index is 719. The number of allylic oxidation sites excluding steroid dienone is 1. The van der Waals surface area contributed by atoms with E-state index in [-0.39, 0.29) is 11.7 Å². The maximum Gasteiger partial charge on any atom is 0.250 e. The summed E-state index contributed by atoms with van der Waals surface area (Å²) < 4.78 is 14.4. The summed E-state index contributed by atoms with van der Waals surface area (Å²) in [5.74, 6) is 2.15. The number of hydrogen-bond donors (Lipinski definition) is 3. The van der Waals surface area contributed by atoms with Gasteiger partial charge in [-0.05, 0) is 93.2 Å². The number of hydrogen-bond acceptors (Lipinski definition) is 3. The molecule has 0 aromatic heterocycles. The summed E-state index contributed by atoms with van der Waals surface area (Å²) in [6, 6.07) is 4.77. The molecule has 0 atom stereocenters. The van der Waals surface area contributed by atoms with Crippen LogP contribution in [0.4, 0.5) is 15.8 Å². The van der Waals surface area contributed by atoms with Crippen LogP contribution in [0.2, 0.25) is 0 Å². The molecule has 4 nitrogen and oxygen atoms in total. The fourth-order valence-electron chi connectivity index (χ4n) is 6.18. The molecular weight excluding hydrogens is 341 g/mol. The van der Waals surface area contributed by atoms with Crippen LogP contribution in [0.3, 0.4) is 0 Å². The minimum absolute atomic E-state index is 0.341. The van der Waals surface area contributed by atoms with Crippen LogP contribution in [-0.4, -0.2) is 12.5 Å². The summed E-state index contributed by atoms with van der Waals surface area (Å²) in [6.07, 6.45) is 10.9. The first-order valence-electron chi connectivity index (χ1n) is 10.2. The van der Waals surface area contributed by atoms with E-state index in [0.29, 0.717) is 22.5 Å². The summed E-state index contributed by atoms with van der Waals surface area (Å²) in [7, 11) is 0. The van der Waals surface area contributed by atoms with Crippen LogP contribution in [0.1, 0.15) is 51.9 Å². The second kappa shape index (κ2) is 7.17. The Morgan fingerprint density at radius 1 is 1.22 bits per heavy atom. The van der Waals surface area contributed by atoms with Crippen molar-refractivity contribution in [3.63, 3.8) is 0 Å². The molecule has 0 unspecified atom stereocenters. The highest BCUT2D eigenvalue weighted by Gasteiger charge is 2.50. The van der Waals surface area contributed by atoms with E-state index in [1.165, 1.54) is 50.7 Å². The summed E-state index contributed by atoms with van der Waals surface area (Å²) in [5, 5.41) is 5.90. The first-order chi connectivity index (χ1) is 12.9. The Kier molecular flexibility index (Phi) is 4.87. The van der Waals surface area contributed by atoms with Crippen molar-refractivity contribution in [2.75, 3.05) is 17.2 Å². The zero-order valence-electron chi connectivity index (χ0n) is 16.1. The topological polar surface area (TPSA) is 67.2 Å². The number of nitrogens with one attached hydrogen (secondary N) is 2. The fraction of sp³-hybridized carbons (Fsp3) is 0.591. The number of amides is 1. The van der Waals surface area contributed by atoms with Gasteiger partial charge in [0.15, 0.2) is 0 Å². The highest BCUT2D eigenvalue weighted by Crippen LogP contribution is 2.61. The Morgan fingerprint density at radius 2 is 1.85 bits per heavy atom. The molecule has 4 aliphatic rings. The average molecular weight is 372 g/mol. The lowest BCUT2D eigenvalue weighted by atomic mass is 9.49. The molecule has 4 aliphatic carbocycles. The molecule has 27 heavy (non-hydrogen) atoms. The lowest BCUT2D eigenvalue weighted by Gasteiger charge is -2.57. The SMILES string of the molecule is CC(N)=CC(=O)Nc1ccc(NCCC23CC4CC(CC(C4)C2)C3)c(F)c1. The molecule has 1 aromatic carbocycles. The number of anilines is 2. The van der Waals surface area contributed by atoms with E-state index in [4.69, 9.17) is 5.73 Å². The Labute approximate surface area is 160 Å². The van der Waals surface area contributed by atoms with Crippen molar-refractivity contribution in [3.05, 3.63) is 35.8 Å². The van der Waals surface area contributed by atoms with Gasteiger partial charge in [-0.2, -0.15) is 0 Å². The maximum atomic E-state index is 14.4. The summed E-state index contributed by atoms with van der Waals surface area (Å²) in [5.41, 5.74) is 7.33. The largest absolute Gasteiger partial charge is 0.402 e. The lowest BCUT2D eigenvalue weighted by molar-refractivity contribution is -0.111. The summed E-state index contributed by atoms with van der Waals surface area (Å²) >= 11 is 0. The quantitative estimate of drug-likeness (QED) is 0.638. The molecular formula is C22H30FN3O. The fourth-order valence-corrected chi connectivity index (χ4v) is 6.18. The predicted molar refractivity (Wildman–Crippen MR) is 107 cm³/mol. The zero-order chi connectivity index (χ0) is 19.0. The third kappa shape index (κ3) is 4.12. The van der Waals surface area contributed by atoms with Crippen molar-refractivity contribution >= 4 is 17.3 Å². The standard InChI is InChI=1S/C22H30FN3O/c1-14(24)6-21(27)26-18-2-3-20(19(23)10-18)25-5-4-22-11-15-7-16(12-22)9-17(8-15)13-22/h2-3,6,10,15-17,25H,4-5,7-9,11-13,24H2,1H3,(H,26,27). The number of carbonyl (C=O) groups excluding carboxylic acids is 1. The Balaban J connectivity index is 1.32. The maximum absolute atomic E-state index is 14.4. The van der Waals surface area contributed by atoms with Gasteiger partial charge in [-0.1, -0.05) is 0 Å². The molecule has 1 amide bonds. The molecule has 0 saturated heterocycles. The molecule has 0 radical (unpaired) electrons. The van der Waals surface area contributed by atoms with Gasteiger partial charge in [0.05, 0.1) is 5.69 Å². The molecule has 4 saturated carbocycles. The van der Waals surface area contributed by atoms with Gasteiger partial charge in [0.25, 0.3) is 0 Å². The smallest absolute Gasteiger partial charge is 0.250 e. The van der Waals surface area contributed by atoms with Crippen LogP contribution in [0.15, 0.2) is 30.0 Å². The van der Waals surface area contributed by atoms with E-state index in [9.17, 15) is 9.18 Å². The van der Waals surface area contributed by atoms with Gasteiger partial charge in [0.1, 0.15) is 5.82 Å². The van der Waals surface area contributed by atoms with Crippen molar-refractivity contribution < 1.29 is 9.18 Å². The van der Waals surface area contributed by atoms with Crippen LogP contribution in [0, 0.1) is 29.0 Å². The van der Waals surface area contributed by atoms with Crippen molar-refractivity contribution in [1.29, 1.82) is 0 Å². The first-order valence-corrected chi connectivity index (χ1v) is 10.2. The van der Waals surface area contributed by atoms with E-state index in [1.807, 2.05) is 0 Å². The number of benzene rings is 1. The van der Waals surface area contributed by atoms with Crippen molar-refractivity contribution in [2.24, 2.45) is 28.9 Å². The van der Waals surface area contributed by atoms with Crippen LogP contribution in [0.25, 0.3) is 0 Å². The van der Waals surface area contributed by atoms with Gasteiger partial charge >= 0.3 is 0 Å². The van der Waals surface area contributed by atoms with Crippen LogP contribution in [0.5, 0.6) is 0 Å². The van der Waals surface area contributed by atoms with E-state index in [2.05, 4.69) is 10.6 Å². The number of carbonyl (C=O) groups is 1. The normalized spacial score (nSPS) is 31.8. The van der Waals surface area contributed by atoms with Crippen LogP contribution >= 0.6 is 0 Å². The molecule has 4 bridgehead atoms. The molecule has 0 spiro atoms. The number of rotatable bonds is 6. The molecule has 0 aliphatic heterocycles. The summed E-state index contributed by atoms with van der Waals surface area (Å²) in [4.78, 5) is 11.7. The van der Waals surface area contributed by atoms with Crippen LogP contribution < -0.4 is 16.4 Å². The van der Waals surface area contributed by atoms with Gasteiger partial charge in [0.2, 0.25) is 5.91 Å².